The zero-order valence-corrected chi connectivity index (χ0v) is 25.4. The van der Waals surface area contributed by atoms with Gasteiger partial charge < -0.3 is 19.7 Å². The number of sulfonamides is 1. The molecule has 214 valence electrons. The summed E-state index contributed by atoms with van der Waals surface area (Å²) >= 11 is 3.41. The van der Waals surface area contributed by atoms with Gasteiger partial charge in [0.05, 0.1) is 24.8 Å². The normalized spacial score (nSPS) is 11.8. The van der Waals surface area contributed by atoms with Gasteiger partial charge >= 0.3 is 0 Å². The molecule has 3 rings (SSSR count). The minimum atomic E-state index is -4.18. The standard InChI is InChI=1S/C29H34BrN3O6S/c1-5-17-31-29(35)21(2)32(19-22-11-13-23(30)14-12-22)28(34)20-33(40(36,37)25-9-7-6-8-10-25)24-15-16-26(38-3)27(18-24)39-4/h6-16,18,21H,5,17,19-20H2,1-4H3,(H,31,35). The molecule has 0 aliphatic heterocycles. The first-order chi connectivity index (χ1) is 19.1. The topological polar surface area (TPSA) is 105 Å². The van der Waals surface area contributed by atoms with Gasteiger partial charge in [-0.15, -0.1) is 0 Å². The van der Waals surface area contributed by atoms with E-state index < -0.39 is 28.5 Å². The van der Waals surface area contributed by atoms with Crippen LogP contribution in [0.5, 0.6) is 11.5 Å². The van der Waals surface area contributed by atoms with Crippen LogP contribution in [0, 0.1) is 0 Å². The summed E-state index contributed by atoms with van der Waals surface area (Å²) in [7, 11) is -1.26. The van der Waals surface area contributed by atoms with E-state index in [-0.39, 0.29) is 23.0 Å². The monoisotopic (exact) mass is 631 g/mol. The smallest absolute Gasteiger partial charge is 0.264 e. The lowest BCUT2D eigenvalue weighted by atomic mass is 10.1. The van der Waals surface area contributed by atoms with Gasteiger partial charge in [0.2, 0.25) is 11.8 Å². The molecule has 0 bridgehead atoms. The van der Waals surface area contributed by atoms with Gasteiger partial charge in [-0.2, -0.15) is 0 Å². The predicted molar refractivity (Wildman–Crippen MR) is 158 cm³/mol. The number of halogens is 1. The van der Waals surface area contributed by atoms with Crippen molar-refractivity contribution in [1.29, 1.82) is 0 Å². The second-order valence-electron chi connectivity index (χ2n) is 8.98. The lowest BCUT2D eigenvalue weighted by molar-refractivity contribution is -0.139. The van der Waals surface area contributed by atoms with E-state index in [0.29, 0.717) is 18.0 Å². The van der Waals surface area contributed by atoms with Crippen LogP contribution < -0.4 is 19.1 Å². The number of methoxy groups -OCH3 is 2. The quantitative estimate of drug-likeness (QED) is 0.295. The summed E-state index contributed by atoms with van der Waals surface area (Å²) in [5, 5.41) is 2.83. The number of amides is 2. The molecule has 9 nitrogen and oxygen atoms in total. The van der Waals surface area contributed by atoms with Crippen molar-refractivity contribution in [1.82, 2.24) is 10.2 Å². The summed E-state index contributed by atoms with van der Waals surface area (Å²) in [5.74, 6) is -0.153. The summed E-state index contributed by atoms with van der Waals surface area (Å²) in [5.41, 5.74) is 0.997. The predicted octanol–water partition coefficient (Wildman–Crippen LogP) is 4.61. The summed E-state index contributed by atoms with van der Waals surface area (Å²) in [6.07, 6.45) is 0.738. The van der Waals surface area contributed by atoms with E-state index in [1.807, 2.05) is 31.2 Å². The van der Waals surface area contributed by atoms with E-state index in [4.69, 9.17) is 9.47 Å². The van der Waals surface area contributed by atoms with Gasteiger partial charge in [0.1, 0.15) is 12.6 Å². The van der Waals surface area contributed by atoms with Crippen molar-refractivity contribution in [2.75, 3.05) is 31.6 Å². The molecule has 3 aromatic rings. The number of ether oxygens (including phenoxy) is 2. The minimum absolute atomic E-state index is 0.0192. The highest BCUT2D eigenvalue weighted by Crippen LogP contribution is 2.34. The first-order valence-corrected chi connectivity index (χ1v) is 15.0. The Morgan fingerprint density at radius 3 is 2.20 bits per heavy atom. The summed E-state index contributed by atoms with van der Waals surface area (Å²) in [6.45, 7) is 3.59. The number of nitrogens with one attached hydrogen (secondary N) is 1. The number of hydrogen-bond donors (Lipinski definition) is 1. The second-order valence-corrected chi connectivity index (χ2v) is 11.8. The molecule has 0 aliphatic rings. The number of carbonyl (C=O) groups is 2. The van der Waals surface area contributed by atoms with Gasteiger partial charge in [0, 0.05) is 23.6 Å². The molecule has 0 fully saturated rings. The maximum Gasteiger partial charge on any atom is 0.264 e. The molecular weight excluding hydrogens is 598 g/mol. The van der Waals surface area contributed by atoms with Crippen LogP contribution in [-0.4, -0.2) is 58.5 Å². The maximum atomic E-state index is 13.9. The van der Waals surface area contributed by atoms with Crippen molar-refractivity contribution in [2.24, 2.45) is 0 Å². The minimum Gasteiger partial charge on any atom is -0.493 e. The second kappa shape index (κ2) is 14.2. The summed E-state index contributed by atoms with van der Waals surface area (Å²) in [4.78, 5) is 28.3. The van der Waals surface area contributed by atoms with Crippen LogP contribution >= 0.6 is 15.9 Å². The number of nitrogens with zero attached hydrogens (tertiary/aromatic N) is 2. The van der Waals surface area contributed by atoms with Gasteiger partial charge in [-0.05, 0) is 55.3 Å². The van der Waals surface area contributed by atoms with Gasteiger partial charge in [-0.1, -0.05) is 53.2 Å². The molecule has 1 unspecified atom stereocenters. The van der Waals surface area contributed by atoms with Crippen molar-refractivity contribution in [3.63, 3.8) is 0 Å². The number of carbonyl (C=O) groups excluding carboxylic acids is 2. The Bertz CT molecular complexity index is 1400. The van der Waals surface area contributed by atoms with Gasteiger partial charge in [0.15, 0.2) is 11.5 Å². The van der Waals surface area contributed by atoms with Crippen molar-refractivity contribution in [3.05, 3.63) is 82.8 Å². The van der Waals surface area contributed by atoms with Crippen LogP contribution in [0.3, 0.4) is 0 Å². The number of benzene rings is 3. The van der Waals surface area contributed by atoms with Crippen LogP contribution in [0.15, 0.2) is 82.2 Å². The number of hydrogen-bond acceptors (Lipinski definition) is 6. The SMILES string of the molecule is CCCNC(=O)C(C)N(Cc1ccc(Br)cc1)C(=O)CN(c1ccc(OC)c(OC)c1)S(=O)(=O)c1ccccc1. The molecule has 1 atom stereocenters. The van der Waals surface area contributed by atoms with E-state index >= 15 is 0 Å². The first-order valence-electron chi connectivity index (χ1n) is 12.7. The van der Waals surface area contributed by atoms with Gasteiger partial charge in [-0.3, -0.25) is 13.9 Å². The molecule has 3 aromatic carbocycles. The highest BCUT2D eigenvalue weighted by Gasteiger charge is 2.32. The zero-order chi connectivity index (χ0) is 29.3. The molecule has 0 aromatic heterocycles. The molecule has 0 radical (unpaired) electrons. The maximum absolute atomic E-state index is 13.9. The Balaban J connectivity index is 2.06. The lowest BCUT2D eigenvalue weighted by Crippen LogP contribution is -2.51. The summed E-state index contributed by atoms with van der Waals surface area (Å²) in [6, 6.07) is 19.0. The van der Waals surface area contributed by atoms with Gasteiger partial charge in [0.25, 0.3) is 10.0 Å². The van der Waals surface area contributed by atoms with E-state index in [0.717, 1.165) is 20.8 Å². The molecule has 0 heterocycles. The van der Waals surface area contributed by atoms with Crippen molar-refractivity contribution < 1.29 is 27.5 Å². The molecule has 0 aliphatic carbocycles. The Morgan fingerprint density at radius 2 is 1.60 bits per heavy atom. The molecular formula is C29H34BrN3O6S. The Morgan fingerprint density at radius 1 is 0.950 bits per heavy atom. The number of rotatable bonds is 13. The Labute approximate surface area is 244 Å². The molecule has 0 saturated carbocycles. The molecule has 40 heavy (non-hydrogen) atoms. The van der Waals surface area contributed by atoms with Crippen LogP contribution in [0.4, 0.5) is 5.69 Å². The third kappa shape index (κ3) is 7.54. The van der Waals surface area contributed by atoms with Crippen molar-refractivity contribution in [2.45, 2.75) is 37.8 Å². The molecule has 0 spiro atoms. The van der Waals surface area contributed by atoms with Gasteiger partial charge in [-0.25, -0.2) is 8.42 Å². The fourth-order valence-electron chi connectivity index (χ4n) is 3.99. The average Bonchev–Trinajstić information content (AvgIpc) is 2.97. The van der Waals surface area contributed by atoms with Crippen LogP contribution in [0.2, 0.25) is 0 Å². The van der Waals surface area contributed by atoms with Crippen LogP contribution in [0.25, 0.3) is 0 Å². The largest absolute Gasteiger partial charge is 0.493 e. The third-order valence-corrected chi connectivity index (χ3v) is 8.56. The highest BCUT2D eigenvalue weighted by atomic mass is 79.9. The Hall–Kier alpha value is -3.57. The zero-order valence-electron chi connectivity index (χ0n) is 23.0. The molecule has 0 saturated heterocycles. The Kier molecular flexibility index (Phi) is 11.0. The van der Waals surface area contributed by atoms with Crippen LogP contribution in [-0.2, 0) is 26.2 Å². The van der Waals surface area contributed by atoms with E-state index in [2.05, 4.69) is 21.2 Å². The molecule has 1 N–H and O–H groups in total. The van der Waals surface area contributed by atoms with E-state index in [1.165, 1.54) is 37.3 Å². The molecule has 2 amide bonds. The van der Waals surface area contributed by atoms with E-state index in [1.54, 1.807) is 37.3 Å². The molecule has 11 heteroatoms. The lowest BCUT2D eigenvalue weighted by Gasteiger charge is -2.32. The third-order valence-electron chi connectivity index (χ3n) is 6.25. The van der Waals surface area contributed by atoms with Crippen LogP contribution in [0.1, 0.15) is 25.8 Å². The van der Waals surface area contributed by atoms with Crippen molar-refractivity contribution >= 4 is 43.5 Å². The number of anilines is 1. The van der Waals surface area contributed by atoms with Crippen molar-refractivity contribution in [3.8, 4) is 11.5 Å². The summed E-state index contributed by atoms with van der Waals surface area (Å²) < 4.78 is 40.4. The highest BCUT2D eigenvalue weighted by molar-refractivity contribution is 9.10. The van der Waals surface area contributed by atoms with E-state index in [9.17, 15) is 18.0 Å². The first kappa shape index (κ1) is 31.0. The fourth-order valence-corrected chi connectivity index (χ4v) is 5.68. The fraction of sp³-hybridized carbons (Fsp3) is 0.310. The average molecular weight is 633 g/mol.